The number of carbonyl (C=O) groups is 1. The lowest BCUT2D eigenvalue weighted by atomic mass is 10.0. The average molecular weight is 293 g/mol. The molecule has 4 heteroatoms. The van der Waals surface area contributed by atoms with Crippen LogP contribution in [-0.2, 0) is 0 Å². The lowest BCUT2D eigenvalue weighted by Crippen LogP contribution is -2.00. The maximum atomic E-state index is 12.0. The fraction of sp³-hybridized carbons (Fsp3) is 0. The minimum Gasteiger partial charge on any atom is -0.504 e. The first-order chi connectivity index (χ1) is 8.08. The molecule has 2 N–H and O–H groups in total. The van der Waals surface area contributed by atoms with Gasteiger partial charge in [0.1, 0.15) is 0 Å². The SMILES string of the molecule is O=C(c1ccc(Br)cc1)c1ccc(O)c(O)c1. The number of carbonyl (C=O) groups excluding carboxylic acids is 1. The Hall–Kier alpha value is -1.81. The maximum absolute atomic E-state index is 12.0. The standard InChI is InChI=1S/C13H9BrO3/c14-10-4-1-8(2-5-10)13(17)9-3-6-11(15)12(16)7-9/h1-7,15-16H. The van der Waals surface area contributed by atoms with E-state index in [9.17, 15) is 9.90 Å². The quantitative estimate of drug-likeness (QED) is 0.661. The Balaban J connectivity index is 2.37. The van der Waals surface area contributed by atoms with Crippen LogP contribution in [0.25, 0.3) is 0 Å². The predicted molar refractivity (Wildman–Crippen MR) is 67.3 cm³/mol. The summed E-state index contributed by atoms with van der Waals surface area (Å²) in [6.45, 7) is 0. The van der Waals surface area contributed by atoms with Crippen molar-refractivity contribution in [2.75, 3.05) is 0 Å². The van der Waals surface area contributed by atoms with Gasteiger partial charge >= 0.3 is 0 Å². The zero-order chi connectivity index (χ0) is 12.4. The first-order valence-corrected chi connectivity index (χ1v) is 5.69. The van der Waals surface area contributed by atoms with Gasteiger partial charge in [-0.1, -0.05) is 15.9 Å². The van der Waals surface area contributed by atoms with E-state index in [-0.39, 0.29) is 17.3 Å². The van der Waals surface area contributed by atoms with Crippen LogP contribution in [0.3, 0.4) is 0 Å². The minimum absolute atomic E-state index is 0.201. The Labute approximate surface area is 106 Å². The summed E-state index contributed by atoms with van der Waals surface area (Å²) in [6.07, 6.45) is 0. The van der Waals surface area contributed by atoms with E-state index in [4.69, 9.17) is 5.11 Å². The largest absolute Gasteiger partial charge is 0.504 e. The molecule has 0 amide bonds. The number of rotatable bonds is 2. The van der Waals surface area contributed by atoms with Gasteiger partial charge in [0.25, 0.3) is 0 Å². The van der Waals surface area contributed by atoms with E-state index < -0.39 is 0 Å². The minimum atomic E-state index is -0.298. The highest BCUT2D eigenvalue weighted by atomic mass is 79.9. The second kappa shape index (κ2) is 4.59. The van der Waals surface area contributed by atoms with Crippen molar-refractivity contribution in [3.63, 3.8) is 0 Å². The van der Waals surface area contributed by atoms with Gasteiger partial charge in [0.2, 0.25) is 0 Å². The number of hydrogen-bond donors (Lipinski definition) is 2. The highest BCUT2D eigenvalue weighted by molar-refractivity contribution is 9.10. The summed E-state index contributed by atoms with van der Waals surface area (Å²) in [7, 11) is 0. The highest BCUT2D eigenvalue weighted by Crippen LogP contribution is 2.26. The zero-order valence-electron chi connectivity index (χ0n) is 8.72. The Morgan fingerprint density at radius 3 is 2.06 bits per heavy atom. The van der Waals surface area contributed by atoms with Crippen LogP contribution in [0.15, 0.2) is 46.9 Å². The summed E-state index contributed by atoms with van der Waals surface area (Å²) >= 11 is 3.29. The molecule has 0 aliphatic heterocycles. The molecule has 0 bridgehead atoms. The molecular formula is C13H9BrO3. The number of hydrogen-bond acceptors (Lipinski definition) is 3. The molecule has 0 atom stereocenters. The van der Waals surface area contributed by atoms with Gasteiger partial charge < -0.3 is 10.2 Å². The molecule has 2 aromatic carbocycles. The Bertz CT molecular complexity index is 561. The van der Waals surface area contributed by atoms with Crippen molar-refractivity contribution in [3.8, 4) is 11.5 Å². The fourth-order valence-corrected chi connectivity index (χ4v) is 1.70. The van der Waals surface area contributed by atoms with E-state index in [0.29, 0.717) is 11.1 Å². The van der Waals surface area contributed by atoms with Crippen LogP contribution in [0.4, 0.5) is 0 Å². The predicted octanol–water partition coefficient (Wildman–Crippen LogP) is 3.09. The van der Waals surface area contributed by atoms with Crippen LogP contribution >= 0.6 is 15.9 Å². The molecule has 17 heavy (non-hydrogen) atoms. The summed E-state index contributed by atoms with van der Waals surface area (Å²) in [5, 5.41) is 18.5. The first kappa shape index (κ1) is 11.7. The second-order valence-corrected chi connectivity index (χ2v) is 4.46. The van der Waals surface area contributed by atoms with Crippen LogP contribution in [0.2, 0.25) is 0 Å². The zero-order valence-corrected chi connectivity index (χ0v) is 10.3. The molecule has 0 aliphatic carbocycles. The monoisotopic (exact) mass is 292 g/mol. The normalized spacial score (nSPS) is 10.2. The number of halogens is 1. The van der Waals surface area contributed by atoms with Crippen molar-refractivity contribution in [3.05, 3.63) is 58.1 Å². The highest BCUT2D eigenvalue weighted by Gasteiger charge is 2.10. The van der Waals surface area contributed by atoms with Gasteiger partial charge in [-0.3, -0.25) is 4.79 Å². The third kappa shape index (κ3) is 2.47. The van der Waals surface area contributed by atoms with Gasteiger partial charge in [-0.05, 0) is 42.5 Å². The molecule has 0 aromatic heterocycles. The van der Waals surface area contributed by atoms with Crippen LogP contribution in [0, 0.1) is 0 Å². The molecule has 0 aliphatic rings. The van der Waals surface area contributed by atoms with E-state index >= 15 is 0 Å². The maximum Gasteiger partial charge on any atom is 0.193 e. The molecule has 0 saturated carbocycles. The summed E-state index contributed by atoms with van der Waals surface area (Å²) in [5.74, 6) is -0.738. The van der Waals surface area contributed by atoms with Gasteiger partial charge in [-0.15, -0.1) is 0 Å². The van der Waals surface area contributed by atoms with Crippen LogP contribution in [0.1, 0.15) is 15.9 Å². The van der Waals surface area contributed by atoms with Gasteiger partial charge in [0.05, 0.1) is 0 Å². The lowest BCUT2D eigenvalue weighted by molar-refractivity contribution is 0.103. The molecule has 0 radical (unpaired) electrons. The number of phenols is 2. The molecule has 0 fully saturated rings. The van der Waals surface area contributed by atoms with Gasteiger partial charge in [0.15, 0.2) is 17.3 Å². The molecule has 2 rings (SSSR count). The molecule has 2 aromatic rings. The molecule has 0 saturated heterocycles. The number of aromatic hydroxyl groups is 2. The van der Waals surface area contributed by atoms with Crippen molar-refractivity contribution in [2.24, 2.45) is 0 Å². The van der Waals surface area contributed by atoms with Crippen LogP contribution in [0.5, 0.6) is 11.5 Å². The third-order valence-electron chi connectivity index (χ3n) is 2.34. The average Bonchev–Trinajstić information content (AvgIpc) is 2.33. The molecule has 0 heterocycles. The molecule has 3 nitrogen and oxygen atoms in total. The number of ketones is 1. The van der Waals surface area contributed by atoms with Gasteiger partial charge in [-0.2, -0.15) is 0 Å². The summed E-state index contributed by atoms with van der Waals surface area (Å²) in [4.78, 5) is 12.0. The summed E-state index contributed by atoms with van der Waals surface area (Å²) < 4.78 is 0.891. The van der Waals surface area contributed by atoms with Crippen molar-refractivity contribution >= 4 is 21.7 Å². The smallest absolute Gasteiger partial charge is 0.193 e. The van der Waals surface area contributed by atoms with E-state index in [1.807, 2.05) is 0 Å². The van der Waals surface area contributed by atoms with Gasteiger partial charge in [-0.25, -0.2) is 0 Å². The van der Waals surface area contributed by atoms with E-state index in [2.05, 4.69) is 15.9 Å². The number of phenolic OH excluding ortho intramolecular Hbond substituents is 2. The van der Waals surface area contributed by atoms with Crippen molar-refractivity contribution < 1.29 is 15.0 Å². The van der Waals surface area contributed by atoms with Crippen molar-refractivity contribution in [1.82, 2.24) is 0 Å². The van der Waals surface area contributed by atoms with Crippen molar-refractivity contribution in [1.29, 1.82) is 0 Å². The van der Waals surface area contributed by atoms with Crippen molar-refractivity contribution in [2.45, 2.75) is 0 Å². The van der Waals surface area contributed by atoms with Crippen LogP contribution < -0.4 is 0 Å². The lowest BCUT2D eigenvalue weighted by Gasteiger charge is -2.03. The molecule has 0 spiro atoms. The molecule has 86 valence electrons. The fourth-order valence-electron chi connectivity index (χ4n) is 1.43. The Morgan fingerprint density at radius 1 is 0.882 bits per heavy atom. The summed E-state index contributed by atoms with van der Waals surface area (Å²) in [5.41, 5.74) is 0.862. The molecular weight excluding hydrogens is 284 g/mol. The van der Waals surface area contributed by atoms with E-state index in [1.165, 1.54) is 18.2 Å². The third-order valence-corrected chi connectivity index (χ3v) is 2.87. The second-order valence-electron chi connectivity index (χ2n) is 3.54. The van der Waals surface area contributed by atoms with E-state index in [0.717, 1.165) is 4.47 Å². The topological polar surface area (TPSA) is 57.5 Å². The van der Waals surface area contributed by atoms with E-state index in [1.54, 1.807) is 24.3 Å². The number of benzene rings is 2. The van der Waals surface area contributed by atoms with Crippen LogP contribution in [-0.4, -0.2) is 16.0 Å². The molecule has 0 unspecified atom stereocenters. The van der Waals surface area contributed by atoms with Gasteiger partial charge in [0, 0.05) is 15.6 Å². The first-order valence-electron chi connectivity index (χ1n) is 4.90. The Kier molecular flexibility index (Phi) is 3.15. The summed E-state index contributed by atoms with van der Waals surface area (Å²) in [6, 6.07) is 10.9. The Morgan fingerprint density at radius 2 is 1.47 bits per heavy atom.